The first kappa shape index (κ1) is 10.5. The molecule has 0 aliphatic carbocycles. The van der Waals surface area contributed by atoms with Crippen molar-refractivity contribution in [1.29, 1.82) is 0 Å². The molecule has 0 bridgehead atoms. The average Bonchev–Trinajstić information content (AvgIpc) is 2.49. The highest BCUT2D eigenvalue weighted by Gasteiger charge is 2.20. The smallest absolute Gasteiger partial charge is 0.121 e. The number of nitrogens with zero attached hydrogens (tertiary/aromatic N) is 2. The molecule has 0 radical (unpaired) electrons. The van der Waals surface area contributed by atoms with E-state index in [9.17, 15) is 0 Å². The van der Waals surface area contributed by atoms with Gasteiger partial charge in [-0.25, -0.2) is 0 Å². The summed E-state index contributed by atoms with van der Waals surface area (Å²) < 4.78 is 1.12. The van der Waals surface area contributed by atoms with Crippen LogP contribution in [0.2, 0.25) is 0 Å². The fraction of sp³-hybridized carbons (Fsp3) is 0.364. The minimum Gasteiger partial charge on any atom is -0.386 e. The van der Waals surface area contributed by atoms with Crippen LogP contribution in [0.4, 0.5) is 0 Å². The molecule has 80 valence electrons. The number of halogens is 1. The van der Waals surface area contributed by atoms with Gasteiger partial charge in [0.15, 0.2) is 0 Å². The summed E-state index contributed by atoms with van der Waals surface area (Å²) in [6, 6.07) is 8.59. The van der Waals surface area contributed by atoms with Crippen molar-refractivity contribution in [3.63, 3.8) is 0 Å². The van der Waals surface area contributed by atoms with Crippen LogP contribution in [0.25, 0.3) is 0 Å². The Bertz CT molecular complexity index is 389. The van der Waals surface area contributed by atoms with E-state index in [1.807, 2.05) is 23.2 Å². The Morgan fingerprint density at radius 2 is 2.27 bits per heavy atom. The number of benzene rings is 1. The highest BCUT2D eigenvalue weighted by Crippen LogP contribution is 2.21. The van der Waals surface area contributed by atoms with Crippen LogP contribution in [0, 0.1) is 0 Å². The minimum atomic E-state index is 0.400. The summed E-state index contributed by atoms with van der Waals surface area (Å²) >= 11 is 3.53. The lowest BCUT2D eigenvalue weighted by Gasteiger charge is -2.20. The molecule has 0 spiro atoms. The second-order valence-corrected chi connectivity index (χ2v) is 4.69. The monoisotopic (exact) mass is 267 g/mol. The molecule has 1 unspecified atom stereocenters. The van der Waals surface area contributed by atoms with Crippen LogP contribution in [0.5, 0.6) is 0 Å². The molecule has 4 heteroatoms. The van der Waals surface area contributed by atoms with Crippen LogP contribution in [-0.2, 0) is 6.54 Å². The summed E-state index contributed by atoms with van der Waals surface area (Å²) in [5, 5.41) is 6.35. The Morgan fingerprint density at radius 1 is 1.53 bits per heavy atom. The molecule has 3 nitrogen and oxygen atoms in total. The summed E-state index contributed by atoms with van der Waals surface area (Å²) in [4.78, 5) is 0. The summed E-state index contributed by atoms with van der Waals surface area (Å²) in [5.41, 5.74) is 6.94. The molecule has 2 rings (SSSR count). The van der Waals surface area contributed by atoms with Gasteiger partial charge < -0.3 is 5.73 Å². The molecule has 0 saturated carbocycles. The van der Waals surface area contributed by atoms with Gasteiger partial charge in [0.25, 0.3) is 0 Å². The van der Waals surface area contributed by atoms with Crippen molar-refractivity contribution in [3.8, 4) is 0 Å². The molecule has 1 heterocycles. The van der Waals surface area contributed by atoms with Gasteiger partial charge >= 0.3 is 0 Å². The molecule has 2 N–H and O–H groups in total. The van der Waals surface area contributed by atoms with E-state index in [-0.39, 0.29) is 0 Å². The quantitative estimate of drug-likeness (QED) is 0.894. The summed E-state index contributed by atoms with van der Waals surface area (Å²) in [6.45, 7) is 2.95. The molecule has 1 aromatic carbocycles. The fourth-order valence-electron chi connectivity index (χ4n) is 1.70. The number of hydrogen-bond donors (Lipinski definition) is 1. The van der Waals surface area contributed by atoms with Crippen molar-refractivity contribution >= 4 is 21.8 Å². The third kappa shape index (κ3) is 2.31. The van der Waals surface area contributed by atoms with Crippen molar-refractivity contribution in [2.24, 2.45) is 10.8 Å². The first-order valence-corrected chi connectivity index (χ1v) is 5.79. The van der Waals surface area contributed by atoms with Gasteiger partial charge in [-0.2, -0.15) is 5.10 Å². The molecule has 1 aromatic rings. The predicted octanol–water partition coefficient (Wildman–Crippen LogP) is 2.32. The summed E-state index contributed by atoms with van der Waals surface area (Å²) in [6.07, 6.45) is 0.866. The topological polar surface area (TPSA) is 41.6 Å². The van der Waals surface area contributed by atoms with Gasteiger partial charge in [-0.3, -0.25) is 5.01 Å². The molecule has 1 atom stereocenters. The predicted molar refractivity (Wildman–Crippen MR) is 65.4 cm³/mol. The van der Waals surface area contributed by atoms with E-state index in [0.717, 1.165) is 23.3 Å². The van der Waals surface area contributed by atoms with Gasteiger partial charge in [-0.15, -0.1) is 0 Å². The second kappa shape index (κ2) is 4.23. The maximum Gasteiger partial charge on any atom is 0.121 e. The maximum atomic E-state index is 5.70. The molecular weight excluding hydrogens is 254 g/mol. The van der Waals surface area contributed by atoms with Crippen molar-refractivity contribution in [2.75, 3.05) is 0 Å². The van der Waals surface area contributed by atoms with Crippen molar-refractivity contribution in [1.82, 2.24) is 5.01 Å². The Morgan fingerprint density at radius 3 is 2.87 bits per heavy atom. The molecule has 1 aliphatic heterocycles. The molecule has 0 fully saturated rings. The minimum absolute atomic E-state index is 0.400. The average molecular weight is 268 g/mol. The highest BCUT2D eigenvalue weighted by atomic mass is 79.9. The van der Waals surface area contributed by atoms with E-state index in [4.69, 9.17) is 5.73 Å². The van der Waals surface area contributed by atoms with Crippen molar-refractivity contribution in [3.05, 3.63) is 34.3 Å². The van der Waals surface area contributed by atoms with Gasteiger partial charge in [0, 0.05) is 10.9 Å². The first-order chi connectivity index (χ1) is 7.16. The van der Waals surface area contributed by atoms with E-state index >= 15 is 0 Å². The molecular formula is C11H14BrN3. The van der Waals surface area contributed by atoms with Crippen molar-refractivity contribution in [2.45, 2.75) is 25.9 Å². The molecule has 0 amide bonds. The van der Waals surface area contributed by atoms with E-state index in [2.05, 4.69) is 34.0 Å². The zero-order valence-electron chi connectivity index (χ0n) is 8.65. The fourth-order valence-corrected chi connectivity index (χ4v) is 2.11. The first-order valence-electron chi connectivity index (χ1n) is 5.00. The summed E-state index contributed by atoms with van der Waals surface area (Å²) in [5.74, 6) is 0.731. The van der Waals surface area contributed by atoms with Crippen LogP contribution >= 0.6 is 15.9 Å². The Labute approximate surface area is 98.1 Å². The number of hydrazone groups is 1. The lowest BCUT2D eigenvalue weighted by atomic mass is 10.2. The van der Waals surface area contributed by atoms with E-state index in [0.29, 0.717) is 6.04 Å². The lowest BCUT2D eigenvalue weighted by Crippen LogP contribution is -2.23. The largest absolute Gasteiger partial charge is 0.386 e. The van der Waals surface area contributed by atoms with Gasteiger partial charge in [-0.05, 0) is 18.6 Å². The third-order valence-electron chi connectivity index (χ3n) is 2.56. The zero-order chi connectivity index (χ0) is 10.8. The van der Waals surface area contributed by atoms with E-state index in [1.54, 1.807) is 0 Å². The highest BCUT2D eigenvalue weighted by molar-refractivity contribution is 9.10. The second-order valence-electron chi connectivity index (χ2n) is 3.83. The lowest BCUT2D eigenvalue weighted by molar-refractivity contribution is 0.236. The number of rotatable bonds is 2. The third-order valence-corrected chi connectivity index (χ3v) is 3.33. The van der Waals surface area contributed by atoms with E-state index in [1.165, 1.54) is 5.56 Å². The van der Waals surface area contributed by atoms with Crippen LogP contribution in [-0.4, -0.2) is 16.9 Å². The van der Waals surface area contributed by atoms with Crippen molar-refractivity contribution < 1.29 is 0 Å². The maximum absolute atomic E-state index is 5.70. The van der Waals surface area contributed by atoms with Gasteiger partial charge in [-0.1, -0.05) is 34.1 Å². The number of nitrogens with two attached hydrogens (primary N) is 1. The normalized spacial score (nSPS) is 20.5. The van der Waals surface area contributed by atoms with Crippen LogP contribution in [0.1, 0.15) is 18.9 Å². The molecule has 1 aliphatic rings. The Kier molecular flexibility index (Phi) is 2.95. The number of hydrogen-bond acceptors (Lipinski definition) is 3. The number of amidine groups is 1. The van der Waals surface area contributed by atoms with Crippen LogP contribution in [0.15, 0.2) is 33.8 Å². The van der Waals surface area contributed by atoms with Gasteiger partial charge in [0.2, 0.25) is 0 Å². The zero-order valence-corrected chi connectivity index (χ0v) is 10.2. The van der Waals surface area contributed by atoms with Crippen LogP contribution in [0.3, 0.4) is 0 Å². The SMILES string of the molecule is CC1CC(N)=NN1Cc1ccccc1Br. The van der Waals surface area contributed by atoms with Gasteiger partial charge in [0.05, 0.1) is 12.6 Å². The standard InChI is InChI=1S/C11H14BrN3/c1-8-6-11(13)14-15(8)7-9-4-2-3-5-10(9)12/h2-5,8H,6-7H2,1H3,(H2,13,14). The van der Waals surface area contributed by atoms with E-state index < -0.39 is 0 Å². The molecule has 15 heavy (non-hydrogen) atoms. The molecule has 0 aromatic heterocycles. The van der Waals surface area contributed by atoms with Crippen LogP contribution < -0.4 is 5.73 Å². The molecule has 0 saturated heterocycles. The summed E-state index contributed by atoms with van der Waals surface area (Å²) in [7, 11) is 0. The Hall–Kier alpha value is -1.03. The Balaban J connectivity index is 2.13. The van der Waals surface area contributed by atoms with Gasteiger partial charge in [0.1, 0.15) is 5.84 Å².